The highest BCUT2D eigenvalue weighted by Crippen LogP contribution is 2.26. The maximum atomic E-state index is 3.37. The molecule has 0 aliphatic rings. The molecule has 0 heterocycles. The first-order valence-electron chi connectivity index (χ1n) is 18.6. The van der Waals surface area contributed by atoms with Crippen LogP contribution in [0.5, 0.6) is 0 Å². The molecule has 0 fully saturated rings. The van der Waals surface area contributed by atoms with Gasteiger partial charge in [0.05, 0.1) is 0 Å². The normalized spacial score (nSPS) is 10.6. The summed E-state index contributed by atoms with van der Waals surface area (Å²) in [6.45, 7) is 8.86. The Hall–Kier alpha value is -5.86. The number of benzene rings is 8. The van der Waals surface area contributed by atoms with Crippen molar-refractivity contribution in [2.24, 2.45) is 0 Å². The van der Waals surface area contributed by atoms with Crippen LogP contribution >= 0.6 is 0 Å². The highest BCUT2D eigenvalue weighted by Gasteiger charge is 2.04. The summed E-state index contributed by atoms with van der Waals surface area (Å²) in [4.78, 5) is 0. The number of fused-ring (bicyclic) bond motifs is 3. The topological polar surface area (TPSA) is 24.1 Å². The lowest BCUT2D eigenvalue weighted by atomic mass is 9.96. The zero-order valence-corrected chi connectivity index (χ0v) is 31.0. The monoisotopic (exact) mass is 678 g/mol. The van der Waals surface area contributed by atoms with Crippen molar-refractivity contribution in [1.29, 1.82) is 0 Å². The molecular formula is C50H50N2. The first-order valence-corrected chi connectivity index (χ1v) is 18.6. The summed E-state index contributed by atoms with van der Waals surface area (Å²) < 4.78 is 0. The molecule has 0 spiro atoms. The third kappa shape index (κ3) is 9.68. The van der Waals surface area contributed by atoms with Crippen LogP contribution in [0.25, 0.3) is 32.3 Å². The van der Waals surface area contributed by atoms with Crippen molar-refractivity contribution in [1.82, 2.24) is 0 Å². The van der Waals surface area contributed by atoms with Gasteiger partial charge >= 0.3 is 0 Å². The van der Waals surface area contributed by atoms with Gasteiger partial charge in [-0.25, -0.2) is 0 Å². The van der Waals surface area contributed by atoms with Gasteiger partial charge in [0, 0.05) is 22.7 Å². The van der Waals surface area contributed by atoms with Crippen LogP contribution in [0, 0.1) is 20.8 Å². The standard InChI is InChI=1S/C18H16N2.C17H22.C15H12/c1-3-7-15(8-4-1)19-17-11-13-18(14-12-17)20-16-9-5-2-6-10-16;1-4-5-6-9-15-12-16-10-7-8-13(2)17(16)11-14(15)3;1-11-5-4-8-14-9-12-6-2-3-7-13(12)10-15(11)14/h1-14,19-20H;7-8,10-12H,4-6,9H2,1-3H3;2-10H,1H3. The Morgan fingerprint density at radius 3 is 1.35 bits per heavy atom. The molecule has 0 unspecified atom stereocenters. The zero-order chi connectivity index (χ0) is 36.1. The number of hydrogen-bond acceptors (Lipinski definition) is 2. The number of anilines is 4. The van der Waals surface area contributed by atoms with Crippen molar-refractivity contribution in [3.05, 3.63) is 192 Å². The molecule has 8 rings (SSSR count). The Morgan fingerprint density at radius 1 is 0.365 bits per heavy atom. The molecule has 2 nitrogen and oxygen atoms in total. The molecule has 8 aromatic rings. The molecule has 2 heteroatoms. The number of unbranched alkanes of at least 4 members (excludes halogenated alkanes) is 2. The molecule has 0 aromatic heterocycles. The third-order valence-corrected chi connectivity index (χ3v) is 9.58. The van der Waals surface area contributed by atoms with Crippen LogP contribution in [0.1, 0.15) is 48.4 Å². The third-order valence-electron chi connectivity index (χ3n) is 9.58. The van der Waals surface area contributed by atoms with Gasteiger partial charge < -0.3 is 10.6 Å². The summed E-state index contributed by atoms with van der Waals surface area (Å²) in [6.07, 6.45) is 5.18. The minimum Gasteiger partial charge on any atom is -0.356 e. The van der Waals surface area contributed by atoms with E-state index >= 15 is 0 Å². The molecular weight excluding hydrogens is 629 g/mol. The van der Waals surface area contributed by atoms with Crippen molar-refractivity contribution >= 4 is 55.1 Å². The van der Waals surface area contributed by atoms with Crippen molar-refractivity contribution in [3.8, 4) is 0 Å². The van der Waals surface area contributed by atoms with E-state index in [2.05, 4.69) is 172 Å². The van der Waals surface area contributed by atoms with Crippen LogP contribution in [0.3, 0.4) is 0 Å². The fourth-order valence-corrected chi connectivity index (χ4v) is 6.61. The van der Waals surface area contributed by atoms with Gasteiger partial charge in [-0.05, 0) is 149 Å². The largest absolute Gasteiger partial charge is 0.356 e. The Labute approximate surface area is 310 Å². The van der Waals surface area contributed by atoms with Crippen LogP contribution in [0.4, 0.5) is 22.7 Å². The van der Waals surface area contributed by atoms with E-state index in [-0.39, 0.29) is 0 Å². The number of rotatable bonds is 8. The molecule has 0 bridgehead atoms. The molecule has 52 heavy (non-hydrogen) atoms. The number of aryl methyl sites for hydroxylation is 4. The van der Waals surface area contributed by atoms with E-state index in [9.17, 15) is 0 Å². The van der Waals surface area contributed by atoms with E-state index in [1.165, 1.54) is 80.3 Å². The van der Waals surface area contributed by atoms with Crippen LogP contribution in [0.2, 0.25) is 0 Å². The molecule has 0 aliphatic heterocycles. The lowest BCUT2D eigenvalue weighted by Gasteiger charge is -2.09. The van der Waals surface area contributed by atoms with Crippen molar-refractivity contribution < 1.29 is 0 Å². The molecule has 8 aromatic carbocycles. The second kappa shape index (κ2) is 17.9. The maximum absolute atomic E-state index is 3.37. The first-order chi connectivity index (χ1) is 25.5. The van der Waals surface area contributed by atoms with Gasteiger partial charge in [-0.1, -0.05) is 129 Å². The second-order valence-electron chi connectivity index (χ2n) is 13.6. The van der Waals surface area contributed by atoms with Crippen molar-refractivity contribution in [2.45, 2.75) is 53.4 Å². The summed E-state index contributed by atoms with van der Waals surface area (Å²) >= 11 is 0. The van der Waals surface area contributed by atoms with Gasteiger partial charge in [0.1, 0.15) is 0 Å². The highest BCUT2D eigenvalue weighted by molar-refractivity contribution is 5.99. The van der Waals surface area contributed by atoms with Gasteiger partial charge in [0.2, 0.25) is 0 Å². The summed E-state index contributed by atoms with van der Waals surface area (Å²) in [5.41, 5.74) is 10.0. The molecule has 0 atom stereocenters. The van der Waals surface area contributed by atoms with Crippen LogP contribution in [0.15, 0.2) is 170 Å². The number of hydrogen-bond donors (Lipinski definition) is 2. The van der Waals surface area contributed by atoms with Gasteiger partial charge in [0.25, 0.3) is 0 Å². The lowest BCUT2D eigenvalue weighted by molar-refractivity contribution is 0.716. The first kappa shape index (κ1) is 35.9. The summed E-state index contributed by atoms with van der Waals surface area (Å²) in [6, 6.07) is 59.4. The second-order valence-corrected chi connectivity index (χ2v) is 13.6. The minimum absolute atomic E-state index is 1.08. The molecule has 0 saturated carbocycles. The molecule has 0 radical (unpaired) electrons. The van der Waals surface area contributed by atoms with Gasteiger partial charge in [-0.2, -0.15) is 0 Å². The lowest BCUT2D eigenvalue weighted by Crippen LogP contribution is -1.92. The molecule has 0 amide bonds. The quantitative estimate of drug-likeness (QED) is 0.123. The van der Waals surface area contributed by atoms with Gasteiger partial charge in [-0.3, -0.25) is 0 Å². The summed E-state index contributed by atoms with van der Waals surface area (Å²) in [5.74, 6) is 0. The number of para-hydroxylation sites is 2. The van der Waals surface area contributed by atoms with E-state index in [4.69, 9.17) is 0 Å². The maximum Gasteiger partial charge on any atom is 0.0385 e. The summed E-state index contributed by atoms with van der Waals surface area (Å²) in [5, 5.41) is 14.9. The van der Waals surface area contributed by atoms with E-state index in [0.29, 0.717) is 0 Å². The van der Waals surface area contributed by atoms with Crippen LogP contribution < -0.4 is 10.6 Å². The van der Waals surface area contributed by atoms with Gasteiger partial charge in [0.15, 0.2) is 0 Å². The molecule has 260 valence electrons. The number of nitrogens with one attached hydrogen (secondary N) is 2. The zero-order valence-electron chi connectivity index (χ0n) is 31.0. The van der Waals surface area contributed by atoms with E-state index in [0.717, 1.165) is 22.7 Å². The Morgan fingerprint density at radius 2 is 0.808 bits per heavy atom. The molecule has 0 aliphatic carbocycles. The van der Waals surface area contributed by atoms with Crippen molar-refractivity contribution in [2.75, 3.05) is 10.6 Å². The fourth-order valence-electron chi connectivity index (χ4n) is 6.61. The summed E-state index contributed by atoms with van der Waals surface area (Å²) in [7, 11) is 0. The average Bonchev–Trinajstić information content (AvgIpc) is 3.17. The minimum atomic E-state index is 1.08. The fraction of sp³-hybridized carbons (Fsp3) is 0.160. The Kier molecular flexibility index (Phi) is 12.4. The van der Waals surface area contributed by atoms with E-state index in [1.807, 2.05) is 36.4 Å². The molecule has 0 saturated heterocycles. The Bertz CT molecular complexity index is 2260. The SMILES string of the molecule is CCCCCc1cc2cccc(C)c2cc1C.Cc1cccc2cc3ccccc3cc12.c1ccc(Nc2ccc(Nc3ccccc3)cc2)cc1. The Balaban J connectivity index is 0.000000135. The van der Waals surface area contributed by atoms with Crippen LogP contribution in [-0.2, 0) is 6.42 Å². The van der Waals surface area contributed by atoms with Gasteiger partial charge in [-0.15, -0.1) is 0 Å². The average molecular weight is 679 g/mol. The van der Waals surface area contributed by atoms with Crippen molar-refractivity contribution in [3.63, 3.8) is 0 Å². The van der Waals surface area contributed by atoms with E-state index < -0.39 is 0 Å². The highest BCUT2D eigenvalue weighted by atomic mass is 14.9. The predicted octanol–water partition coefficient (Wildman–Crippen LogP) is 14.7. The smallest absolute Gasteiger partial charge is 0.0385 e. The van der Waals surface area contributed by atoms with Crippen LogP contribution in [-0.4, -0.2) is 0 Å². The predicted molar refractivity (Wildman–Crippen MR) is 229 cm³/mol. The van der Waals surface area contributed by atoms with E-state index in [1.54, 1.807) is 0 Å². The molecule has 2 N–H and O–H groups in total.